The zero-order valence-corrected chi connectivity index (χ0v) is 14.7. The fraction of sp³-hybridized carbons (Fsp3) is 0.562. The van der Waals surface area contributed by atoms with Crippen molar-refractivity contribution in [2.24, 2.45) is 0 Å². The van der Waals surface area contributed by atoms with E-state index < -0.39 is 27.1 Å². The highest BCUT2D eigenvalue weighted by atomic mass is 32.2. The zero-order valence-electron chi connectivity index (χ0n) is 13.9. The lowest BCUT2D eigenvalue weighted by molar-refractivity contribution is 0.0721. The molecule has 0 unspecified atom stereocenters. The van der Waals surface area contributed by atoms with Gasteiger partial charge in [0, 0.05) is 31.9 Å². The number of carbonyl (C=O) groups is 1. The number of amides is 2. The Bertz CT molecular complexity index is 722. The number of nitrogens with one attached hydrogen (secondary N) is 1. The Labute approximate surface area is 146 Å². The Balaban J connectivity index is 1.65. The van der Waals surface area contributed by atoms with Gasteiger partial charge in [-0.2, -0.15) is 4.31 Å². The Morgan fingerprint density at radius 3 is 2.72 bits per heavy atom. The molecule has 0 aromatic heterocycles. The second kappa shape index (κ2) is 7.67. The summed E-state index contributed by atoms with van der Waals surface area (Å²) in [7, 11) is -3.46. The van der Waals surface area contributed by atoms with E-state index in [0.717, 1.165) is 0 Å². The first-order chi connectivity index (χ1) is 12.0. The Kier molecular flexibility index (Phi) is 5.55. The second-order valence-electron chi connectivity index (χ2n) is 6.21. The van der Waals surface area contributed by atoms with E-state index in [1.54, 1.807) is 6.07 Å². The number of piperidine rings is 1. The summed E-state index contributed by atoms with van der Waals surface area (Å²) in [5.74, 6) is -0.441. The van der Waals surface area contributed by atoms with E-state index in [1.165, 1.54) is 27.4 Å². The second-order valence-corrected chi connectivity index (χ2v) is 8.42. The maximum atomic E-state index is 13.2. The molecule has 1 N–H and O–H groups in total. The molecule has 1 aromatic carbocycles. The van der Waals surface area contributed by atoms with Crippen LogP contribution in [-0.4, -0.2) is 68.3 Å². The van der Waals surface area contributed by atoms with Crippen LogP contribution < -0.4 is 5.32 Å². The first kappa shape index (κ1) is 18.1. The summed E-state index contributed by atoms with van der Waals surface area (Å²) in [6.07, 6.45) is 1.15. The van der Waals surface area contributed by atoms with Crippen molar-refractivity contribution < 1.29 is 22.3 Å². The third-order valence-corrected chi connectivity index (χ3v) is 6.80. The molecule has 0 aliphatic carbocycles. The van der Waals surface area contributed by atoms with Crippen LogP contribution in [0.3, 0.4) is 0 Å². The minimum atomic E-state index is -3.46. The first-order valence-electron chi connectivity index (χ1n) is 8.35. The lowest BCUT2D eigenvalue weighted by Gasteiger charge is -2.36. The molecule has 2 aliphatic heterocycles. The number of urea groups is 1. The van der Waals surface area contributed by atoms with Gasteiger partial charge in [-0.25, -0.2) is 17.6 Å². The highest BCUT2D eigenvalue weighted by Crippen LogP contribution is 2.22. The van der Waals surface area contributed by atoms with Crippen LogP contribution in [-0.2, 0) is 14.8 Å². The molecule has 2 fully saturated rings. The molecule has 2 amide bonds. The zero-order chi connectivity index (χ0) is 17.9. The minimum absolute atomic E-state index is 0.140. The van der Waals surface area contributed by atoms with Gasteiger partial charge in [-0.1, -0.05) is 6.07 Å². The molecule has 7 nitrogen and oxygen atoms in total. The molecule has 0 radical (unpaired) electrons. The van der Waals surface area contributed by atoms with E-state index >= 15 is 0 Å². The Morgan fingerprint density at radius 2 is 2.00 bits per heavy atom. The molecule has 0 saturated carbocycles. The number of hydrogen-bond acceptors (Lipinski definition) is 4. The third kappa shape index (κ3) is 4.28. The van der Waals surface area contributed by atoms with Gasteiger partial charge in [-0.15, -0.1) is 0 Å². The number of benzene rings is 1. The van der Waals surface area contributed by atoms with Crippen molar-refractivity contribution in [1.29, 1.82) is 0 Å². The fourth-order valence-corrected chi connectivity index (χ4v) is 5.06. The van der Waals surface area contributed by atoms with E-state index in [-0.39, 0.29) is 6.54 Å². The van der Waals surface area contributed by atoms with Crippen LogP contribution in [0.2, 0.25) is 0 Å². The Hall–Kier alpha value is -1.71. The largest absolute Gasteiger partial charge is 0.379 e. The van der Waals surface area contributed by atoms with Gasteiger partial charge in [0.25, 0.3) is 0 Å². The average molecular weight is 371 g/mol. The van der Waals surface area contributed by atoms with Crippen molar-refractivity contribution in [3.05, 3.63) is 30.1 Å². The molecule has 9 heteroatoms. The van der Waals surface area contributed by atoms with Gasteiger partial charge in [0.15, 0.2) is 0 Å². The van der Waals surface area contributed by atoms with E-state index in [1.807, 2.05) is 0 Å². The van der Waals surface area contributed by atoms with Gasteiger partial charge < -0.3 is 15.0 Å². The van der Waals surface area contributed by atoms with Gasteiger partial charge in [-0.05, 0) is 31.0 Å². The summed E-state index contributed by atoms with van der Waals surface area (Å²) in [5.41, 5.74) is 0.350. The topological polar surface area (TPSA) is 79.0 Å². The van der Waals surface area contributed by atoms with Crippen molar-refractivity contribution in [2.75, 3.05) is 44.7 Å². The molecule has 2 heterocycles. The van der Waals surface area contributed by atoms with Crippen molar-refractivity contribution >= 4 is 21.7 Å². The van der Waals surface area contributed by atoms with Gasteiger partial charge in [0.05, 0.1) is 18.5 Å². The molecule has 0 bridgehead atoms. The molecule has 25 heavy (non-hydrogen) atoms. The van der Waals surface area contributed by atoms with Crippen LogP contribution in [0.1, 0.15) is 12.8 Å². The summed E-state index contributed by atoms with van der Waals surface area (Å²) in [6, 6.07) is 5.21. The lowest BCUT2D eigenvalue weighted by Crippen LogP contribution is -2.52. The number of rotatable bonds is 3. The van der Waals surface area contributed by atoms with E-state index in [0.29, 0.717) is 51.4 Å². The van der Waals surface area contributed by atoms with Crippen LogP contribution in [0.5, 0.6) is 0 Å². The van der Waals surface area contributed by atoms with Crippen molar-refractivity contribution in [3.63, 3.8) is 0 Å². The number of morpholine rings is 1. The SMILES string of the molecule is O=C(Nc1cccc(F)c1)N1CCC[C@@H](S(=O)(=O)N2CCOCC2)C1. The standard InChI is InChI=1S/C16H22FN3O4S/c17-13-3-1-4-14(11-13)18-16(21)19-6-2-5-15(12-19)25(22,23)20-7-9-24-10-8-20/h1,3-4,11,15H,2,5-10,12H2,(H,18,21)/t15-/m1/s1. The van der Waals surface area contributed by atoms with Gasteiger partial charge in [0.1, 0.15) is 5.82 Å². The van der Waals surface area contributed by atoms with Gasteiger partial charge >= 0.3 is 6.03 Å². The predicted molar refractivity (Wildman–Crippen MR) is 91.3 cm³/mol. The third-order valence-electron chi connectivity index (χ3n) is 4.49. The van der Waals surface area contributed by atoms with Crippen LogP contribution in [0.25, 0.3) is 0 Å². The highest BCUT2D eigenvalue weighted by Gasteiger charge is 2.37. The van der Waals surface area contributed by atoms with E-state index in [9.17, 15) is 17.6 Å². The molecule has 1 aromatic rings. The molecule has 2 saturated heterocycles. The van der Waals surface area contributed by atoms with Crippen LogP contribution in [0.15, 0.2) is 24.3 Å². The normalized spacial score (nSPS) is 22.6. The number of anilines is 1. The number of carbonyl (C=O) groups excluding carboxylic acids is 1. The molecular weight excluding hydrogens is 349 g/mol. The molecule has 1 atom stereocenters. The van der Waals surface area contributed by atoms with Crippen LogP contribution in [0, 0.1) is 5.82 Å². The maximum absolute atomic E-state index is 13.2. The number of nitrogens with zero attached hydrogens (tertiary/aromatic N) is 2. The van der Waals surface area contributed by atoms with E-state index in [2.05, 4.69) is 5.32 Å². The van der Waals surface area contributed by atoms with Crippen molar-refractivity contribution in [2.45, 2.75) is 18.1 Å². The van der Waals surface area contributed by atoms with Crippen LogP contribution >= 0.6 is 0 Å². The predicted octanol–water partition coefficient (Wildman–Crippen LogP) is 1.48. The number of hydrogen-bond donors (Lipinski definition) is 1. The number of halogens is 1. The van der Waals surface area contributed by atoms with Crippen molar-refractivity contribution in [3.8, 4) is 0 Å². The molecule has 3 rings (SSSR count). The molecule has 138 valence electrons. The van der Waals surface area contributed by atoms with Crippen LogP contribution in [0.4, 0.5) is 14.9 Å². The quantitative estimate of drug-likeness (QED) is 0.873. The summed E-state index contributed by atoms with van der Waals surface area (Å²) in [5, 5.41) is 2.01. The summed E-state index contributed by atoms with van der Waals surface area (Å²) >= 11 is 0. The summed E-state index contributed by atoms with van der Waals surface area (Å²) in [4.78, 5) is 13.9. The number of ether oxygens (including phenoxy) is 1. The van der Waals surface area contributed by atoms with Gasteiger partial charge in [-0.3, -0.25) is 0 Å². The number of likely N-dealkylation sites (tertiary alicyclic amines) is 1. The highest BCUT2D eigenvalue weighted by molar-refractivity contribution is 7.89. The van der Waals surface area contributed by atoms with E-state index in [4.69, 9.17) is 4.74 Å². The van der Waals surface area contributed by atoms with Gasteiger partial charge in [0.2, 0.25) is 10.0 Å². The number of sulfonamides is 1. The summed E-state index contributed by atoms with van der Waals surface area (Å²) < 4.78 is 45.4. The Morgan fingerprint density at radius 1 is 1.24 bits per heavy atom. The molecule has 2 aliphatic rings. The first-order valence-corrected chi connectivity index (χ1v) is 9.85. The monoisotopic (exact) mass is 371 g/mol. The fourth-order valence-electron chi connectivity index (χ4n) is 3.15. The average Bonchev–Trinajstić information content (AvgIpc) is 2.62. The summed E-state index contributed by atoms with van der Waals surface area (Å²) in [6.45, 7) is 2.13. The lowest BCUT2D eigenvalue weighted by atomic mass is 10.1. The maximum Gasteiger partial charge on any atom is 0.321 e. The molecular formula is C16H22FN3O4S. The van der Waals surface area contributed by atoms with Crippen molar-refractivity contribution in [1.82, 2.24) is 9.21 Å². The molecule has 0 spiro atoms. The minimum Gasteiger partial charge on any atom is -0.379 e. The smallest absolute Gasteiger partial charge is 0.321 e.